The molecule has 1 aromatic carbocycles. The van der Waals surface area contributed by atoms with Crippen molar-refractivity contribution < 1.29 is 14.4 Å². The van der Waals surface area contributed by atoms with Gasteiger partial charge in [-0.15, -0.1) is 0 Å². The molecule has 0 aliphatic heterocycles. The normalized spacial score (nSPS) is 13.0. The molecular formula is C15H21N3O3. The van der Waals surface area contributed by atoms with Crippen LogP contribution < -0.4 is 16.4 Å². The van der Waals surface area contributed by atoms with Crippen LogP contribution in [0.3, 0.4) is 0 Å². The van der Waals surface area contributed by atoms with E-state index in [0.29, 0.717) is 0 Å². The van der Waals surface area contributed by atoms with E-state index < -0.39 is 11.9 Å². The Balaban J connectivity index is 2.34. The number of primary amides is 1. The quantitative estimate of drug-likeness (QED) is 0.687. The van der Waals surface area contributed by atoms with Crippen LogP contribution in [0.4, 0.5) is 0 Å². The molecule has 1 aromatic rings. The Labute approximate surface area is 124 Å². The predicted molar refractivity (Wildman–Crippen MR) is 79.0 cm³/mol. The molecule has 0 saturated carbocycles. The van der Waals surface area contributed by atoms with Crippen molar-refractivity contribution in [1.82, 2.24) is 10.6 Å². The van der Waals surface area contributed by atoms with E-state index in [1.54, 1.807) is 0 Å². The van der Waals surface area contributed by atoms with Crippen molar-refractivity contribution >= 4 is 17.7 Å². The molecular weight excluding hydrogens is 270 g/mol. The summed E-state index contributed by atoms with van der Waals surface area (Å²) in [6.07, 6.45) is 0.0828. The van der Waals surface area contributed by atoms with Crippen LogP contribution >= 0.6 is 0 Å². The van der Waals surface area contributed by atoms with Gasteiger partial charge >= 0.3 is 0 Å². The zero-order valence-electron chi connectivity index (χ0n) is 12.3. The van der Waals surface area contributed by atoms with Crippen molar-refractivity contribution in [3.63, 3.8) is 0 Å². The first-order valence-corrected chi connectivity index (χ1v) is 6.83. The van der Waals surface area contributed by atoms with Crippen LogP contribution in [-0.2, 0) is 14.4 Å². The van der Waals surface area contributed by atoms with Crippen molar-refractivity contribution in [2.45, 2.75) is 38.8 Å². The second kappa shape index (κ2) is 8.04. The summed E-state index contributed by atoms with van der Waals surface area (Å²) in [6, 6.07) is 8.70. The number of amides is 3. The van der Waals surface area contributed by atoms with Gasteiger partial charge in [-0.1, -0.05) is 30.3 Å². The van der Waals surface area contributed by atoms with Gasteiger partial charge in [-0.2, -0.15) is 0 Å². The fraction of sp³-hybridized carbons (Fsp3) is 0.400. The summed E-state index contributed by atoms with van der Waals surface area (Å²) < 4.78 is 0. The molecule has 114 valence electrons. The van der Waals surface area contributed by atoms with Gasteiger partial charge in [0.25, 0.3) is 0 Å². The Bertz CT molecular complexity index is 502. The highest BCUT2D eigenvalue weighted by Gasteiger charge is 2.14. The molecule has 4 N–H and O–H groups in total. The highest BCUT2D eigenvalue weighted by molar-refractivity contribution is 5.88. The maximum Gasteiger partial charge on any atom is 0.239 e. The van der Waals surface area contributed by atoms with Crippen molar-refractivity contribution in [2.24, 2.45) is 5.73 Å². The fourth-order valence-electron chi connectivity index (χ4n) is 1.75. The maximum absolute atomic E-state index is 11.8. The van der Waals surface area contributed by atoms with Gasteiger partial charge in [0.2, 0.25) is 17.7 Å². The van der Waals surface area contributed by atoms with Crippen LogP contribution in [0.15, 0.2) is 30.3 Å². The summed E-state index contributed by atoms with van der Waals surface area (Å²) in [5.41, 5.74) is 6.04. The first-order chi connectivity index (χ1) is 9.90. The lowest BCUT2D eigenvalue weighted by molar-refractivity contribution is -0.129. The van der Waals surface area contributed by atoms with Gasteiger partial charge in [0.05, 0.1) is 6.04 Å². The SMILES string of the molecule is C[C@H](NC(=O)CCC(=O)N[C@H](C)c1ccccc1)C(N)=O. The third-order valence-corrected chi connectivity index (χ3v) is 3.06. The van der Waals surface area contributed by atoms with Crippen LogP contribution in [0.5, 0.6) is 0 Å². The lowest BCUT2D eigenvalue weighted by Gasteiger charge is -2.14. The van der Waals surface area contributed by atoms with Crippen molar-refractivity contribution in [3.8, 4) is 0 Å². The van der Waals surface area contributed by atoms with Gasteiger partial charge in [0, 0.05) is 12.8 Å². The molecule has 0 aliphatic carbocycles. The zero-order valence-corrected chi connectivity index (χ0v) is 12.3. The number of carbonyl (C=O) groups is 3. The van der Waals surface area contributed by atoms with E-state index >= 15 is 0 Å². The van der Waals surface area contributed by atoms with E-state index in [9.17, 15) is 14.4 Å². The topological polar surface area (TPSA) is 101 Å². The molecule has 0 spiro atoms. The highest BCUT2D eigenvalue weighted by atomic mass is 16.2. The minimum absolute atomic E-state index is 0.0188. The summed E-state index contributed by atoms with van der Waals surface area (Å²) in [5, 5.41) is 5.24. The minimum Gasteiger partial charge on any atom is -0.368 e. The van der Waals surface area contributed by atoms with Gasteiger partial charge in [-0.25, -0.2) is 0 Å². The number of rotatable bonds is 7. The molecule has 0 fully saturated rings. The van der Waals surface area contributed by atoms with E-state index in [4.69, 9.17) is 5.73 Å². The van der Waals surface area contributed by atoms with E-state index in [-0.39, 0.29) is 30.7 Å². The molecule has 1 rings (SSSR count). The number of nitrogens with one attached hydrogen (secondary N) is 2. The Kier molecular flexibility index (Phi) is 6.39. The average Bonchev–Trinajstić information content (AvgIpc) is 2.45. The number of benzene rings is 1. The molecule has 3 amide bonds. The molecule has 21 heavy (non-hydrogen) atoms. The van der Waals surface area contributed by atoms with E-state index in [1.807, 2.05) is 37.3 Å². The monoisotopic (exact) mass is 291 g/mol. The Morgan fingerprint density at radius 3 is 2.05 bits per heavy atom. The van der Waals surface area contributed by atoms with Gasteiger partial charge < -0.3 is 16.4 Å². The summed E-state index contributed by atoms with van der Waals surface area (Å²) in [6.45, 7) is 3.38. The van der Waals surface area contributed by atoms with Crippen LogP contribution in [0.25, 0.3) is 0 Å². The largest absolute Gasteiger partial charge is 0.368 e. The third kappa shape index (κ3) is 6.07. The van der Waals surface area contributed by atoms with Crippen LogP contribution in [0.2, 0.25) is 0 Å². The molecule has 0 unspecified atom stereocenters. The van der Waals surface area contributed by atoms with Gasteiger partial charge in [0.15, 0.2) is 0 Å². The van der Waals surface area contributed by atoms with Crippen molar-refractivity contribution in [2.75, 3.05) is 0 Å². The number of hydrogen-bond donors (Lipinski definition) is 3. The molecule has 0 radical (unpaired) electrons. The van der Waals surface area contributed by atoms with E-state index in [1.165, 1.54) is 6.92 Å². The van der Waals surface area contributed by atoms with Crippen molar-refractivity contribution in [1.29, 1.82) is 0 Å². The Morgan fingerprint density at radius 2 is 1.52 bits per heavy atom. The molecule has 0 aromatic heterocycles. The summed E-state index contributed by atoms with van der Waals surface area (Å²) in [4.78, 5) is 34.1. The molecule has 0 aliphatic rings. The van der Waals surface area contributed by atoms with Gasteiger partial charge in [-0.3, -0.25) is 14.4 Å². The second-order valence-corrected chi connectivity index (χ2v) is 4.89. The average molecular weight is 291 g/mol. The summed E-state index contributed by atoms with van der Waals surface area (Å²) in [5.74, 6) is -1.19. The van der Waals surface area contributed by atoms with Crippen molar-refractivity contribution in [3.05, 3.63) is 35.9 Å². The molecule has 6 nitrogen and oxygen atoms in total. The Morgan fingerprint density at radius 1 is 1.00 bits per heavy atom. The van der Waals surface area contributed by atoms with Gasteiger partial charge in [-0.05, 0) is 19.4 Å². The molecule has 0 heterocycles. The highest BCUT2D eigenvalue weighted by Crippen LogP contribution is 2.11. The number of carbonyl (C=O) groups excluding carboxylic acids is 3. The molecule has 6 heteroatoms. The van der Waals surface area contributed by atoms with E-state index in [2.05, 4.69) is 10.6 Å². The summed E-state index contributed by atoms with van der Waals surface area (Å²) in [7, 11) is 0. The van der Waals surface area contributed by atoms with Crippen LogP contribution in [-0.4, -0.2) is 23.8 Å². The summed E-state index contributed by atoms with van der Waals surface area (Å²) >= 11 is 0. The molecule has 2 atom stereocenters. The smallest absolute Gasteiger partial charge is 0.239 e. The van der Waals surface area contributed by atoms with Crippen LogP contribution in [0, 0.1) is 0 Å². The Hall–Kier alpha value is -2.37. The maximum atomic E-state index is 11.8. The number of nitrogens with two attached hydrogens (primary N) is 1. The fourth-order valence-corrected chi connectivity index (χ4v) is 1.75. The first kappa shape index (κ1) is 16.7. The lowest BCUT2D eigenvalue weighted by Crippen LogP contribution is -2.42. The number of hydrogen-bond acceptors (Lipinski definition) is 3. The second-order valence-electron chi connectivity index (χ2n) is 4.89. The third-order valence-electron chi connectivity index (χ3n) is 3.06. The lowest BCUT2D eigenvalue weighted by atomic mass is 10.1. The van der Waals surface area contributed by atoms with E-state index in [0.717, 1.165) is 5.56 Å². The molecule has 0 saturated heterocycles. The molecule has 0 bridgehead atoms. The predicted octanol–water partition coefficient (Wildman–Crippen LogP) is 0.634. The first-order valence-electron chi connectivity index (χ1n) is 6.83. The zero-order chi connectivity index (χ0) is 15.8. The van der Waals surface area contributed by atoms with Gasteiger partial charge in [0.1, 0.15) is 6.04 Å². The van der Waals surface area contributed by atoms with Crippen LogP contribution in [0.1, 0.15) is 38.3 Å². The standard InChI is InChI=1S/C15H21N3O3/c1-10(12-6-4-3-5-7-12)17-13(19)8-9-14(20)18-11(2)15(16)21/h3-7,10-11H,8-9H2,1-2H3,(H2,16,21)(H,17,19)(H,18,20)/t10-,11+/m1/s1. The minimum atomic E-state index is -0.733.